The van der Waals surface area contributed by atoms with Crippen molar-refractivity contribution < 1.29 is 18.3 Å². The number of hydrogen-bond donors (Lipinski definition) is 0. The minimum absolute atomic E-state index is 0.200. The first kappa shape index (κ1) is 23.9. The van der Waals surface area contributed by atoms with Crippen LogP contribution in [0.25, 0.3) is 6.08 Å². The maximum Gasteiger partial charge on any atom is 0.387 e. The van der Waals surface area contributed by atoms with Crippen LogP contribution in [0.1, 0.15) is 89.5 Å². The van der Waals surface area contributed by atoms with Gasteiger partial charge in [0.1, 0.15) is 5.75 Å². The van der Waals surface area contributed by atoms with E-state index in [9.17, 15) is 8.78 Å². The first-order valence-corrected chi connectivity index (χ1v) is 11.5. The van der Waals surface area contributed by atoms with Crippen molar-refractivity contribution in [1.29, 1.82) is 0 Å². The number of alkyl halides is 2. The Labute approximate surface area is 175 Å². The lowest BCUT2D eigenvalue weighted by molar-refractivity contribution is -0.0498. The van der Waals surface area contributed by atoms with E-state index in [0.717, 1.165) is 37.9 Å². The number of benzene rings is 1. The Bertz CT molecular complexity index is 548. The Morgan fingerprint density at radius 1 is 0.897 bits per heavy atom. The molecule has 2 nitrogen and oxygen atoms in total. The Balaban J connectivity index is 1.53. The van der Waals surface area contributed by atoms with Gasteiger partial charge >= 0.3 is 6.61 Å². The van der Waals surface area contributed by atoms with E-state index in [-0.39, 0.29) is 5.75 Å². The van der Waals surface area contributed by atoms with Crippen LogP contribution < -0.4 is 4.74 Å². The standard InChI is InChI=1S/C25H38F2O2/c1-2-3-4-5-6-7-8-9-20-28-23-16-12-21(13-17-23)10-11-22-14-18-24(19-15-22)29-25(26)27/h10-11,14-15,18-19,21,23,25H,2-9,12-13,16-17,20H2,1H3/t21-,23-. The van der Waals surface area contributed by atoms with Gasteiger partial charge in [-0.15, -0.1) is 0 Å². The molecule has 0 amide bonds. The fraction of sp³-hybridized carbons (Fsp3) is 0.680. The molecule has 0 aromatic heterocycles. The quantitative estimate of drug-likeness (QED) is 0.290. The third-order valence-electron chi connectivity index (χ3n) is 5.74. The number of allylic oxidation sites excluding steroid dienone is 1. The van der Waals surface area contributed by atoms with Crippen LogP contribution >= 0.6 is 0 Å². The van der Waals surface area contributed by atoms with Crippen LogP contribution in [-0.2, 0) is 4.74 Å². The topological polar surface area (TPSA) is 18.5 Å². The molecule has 1 aliphatic rings. The predicted molar refractivity (Wildman–Crippen MR) is 116 cm³/mol. The lowest BCUT2D eigenvalue weighted by Crippen LogP contribution is -2.21. The van der Waals surface area contributed by atoms with Gasteiger partial charge in [0.2, 0.25) is 0 Å². The van der Waals surface area contributed by atoms with E-state index in [1.165, 1.54) is 51.4 Å². The second kappa shape index (κ2) is 14.5. The third-order valence-corrected chi connectivity index (χ3v) is 5.74. The highest BCUT2D eigenvalue weighted by molar-refractivity contribution is 5.50. The highest BCUT2D eigenvalue weighted by atomic mass is 19.3. The highest BCUT2D eigenvalue weighted by Gasteiger charge is 2.19. The molecular formula is C25H38F2O2. The average molecular weight is 409 g/mol. The summed E-state index contributed by atoms with van der Waals surface area (Å²) in [6.45, 7) is 0.396. The van der Waals surface area contributed by atoms with Crippen molar-refractivity contribution in [2.24, 2.45) is 5.92 Å². The summed E-state index contributed by atoms with van der Waals surface area (Å²) in [6.07, 6.45) is 20.0. The van der Waals surface area contributed by atoms with Gasteiger partial charge in [0.15, 0.2) is 0 Å². The summed E-state index contributed by atoms with van der Waals surface area (Å²) in [6, 6.07) is 6.79. The monoisotopic (exact) mass is 408 g/mol. The van der Waals surface area contributed by atoms with Gasteiger partial charge in [-0.1, -0.05) is 76.2 Å². The van der Waals surface area contributed by atoms with E-state index < -0.39 is 6.61 Å². The van der Waals surface area contributed by atoms with Crippen LogP contribution in [0.15, 0.2) is 30.3 Å². The van der Waals surface area contributed by atoms with Crippen LogP contribution in [0, 0.1) is 5.92 Å². The summed E-state index contributed by atoms with van der Waals surface area (Å²) >= 11 is 0. The van der Waals surface area contributed by atoms with E-state index in [1.54, 1.807) is 12.1 Å². The van der Waals surface area contributed by atoms with E-state index in [0.29, 0.717) is 12.0 Å². The number of hydrogen-bond acceptors (Lipinski definition) is 2. The molecular weight excluding hydrogens is 370 g/mol. The van der Waals surface area contributed by atoms with Gasteiger partial charge in [0.25, 0.3) is 0 Å². The maximum atomic E-state index is 12.2. The van der Waals surface area contributed by atoms with Crippen LogP contribution in [-0.4, -0.2) is 19.3 Å². The molecule has 0 unspecified atom stereocenters. The normalized spacial score (nSPS) is 19.9. The fourth-order valence-electron chi connectivity index (χ4n) is 3.94. The van der Waals surface area contributed by atoms with Crippen LogP contribution in [0.4, 0.5) is 8.78 Å². The summed E-state index contributed by atoms with van der Waals surface area (Å²) < 4.78 is 34.8. The average Bonchev–Trinajstić information content (AvgIpc) is 2.72. The van der Waals surface area contributed by atoms with Gasteiger partial charge in [-0.05, 0) is 55.7 Å². The van der Waals surface area contributed by atoms with Gasteiger partial charge in [-0.3, -0.25) is 0 Å². The van der Waals surface area contributed by atoms with Crippen molar-refractivity contribution in [1.82, 2.24) is 0 Å². The molecule has 0 radical (unpaired) electrons. The predicted octanol–water partition coefficient (Wildman–Crippen LogP) is 8.02. The van der Waals surface area contributed by atoms with E-state index in [4.69, 9.17) is 4.74 Å². The molecule has 1 saturated carbocycles. The Hall–Kier alpha value is -1.42. The summed E-state index contributed by atoms with van der Waals surface area (Å²) in [5.74, 6) is 0.779. The summed E-state index contributed by atoms with van der Waals surface area (Å²) in [5, 5.41) is 0. The zero-order valence-electron chi connectivity index (χ0n) is 18.0. The molecule has 1 aliphatic carbocycles. The van der Waals surface area contributed by atoms with Crippen LogP contribution in [0.5, 0.6) is 5.75 Å². The van der Waals surface area contributed by atoms with Gasteiger partial charge in [-0.2, -0.15) is 8.78 Å². The lowest BCUT2D eigenvalue weighted by atomic mass is 9.87. The van der Waals surface area contributed by atoms with Gasteiger partial charge in [0.05, 0.1) is 6.10 Å². The number of ether oxygens (including phenoxy) is 2. The smallest absolute Gasteiger partial charge is 0.387 e. The molecule has 0 aliphatic heterocycles. The minimum atomic E-state index is -2.77. The fourth-order valence-corrected chi connectivity index (χ4v) is 3.94. The van der Waals surface area contributed by atoms with E-state index >= 15 is 0 Å². The molecule has 2 rings (SSSR count). The zero-order chi connectivity index (χ0) is 20.7. The molecule has 0 spiro atoms. The zero-order valence-corrected chi connectivity index (χ0v) is 18.0. The second-order valence-corrected chi connectivity index (χ2v) is 8.19. The molecule has 1 aromatic carbocycles. The molecule has 0 N–H and O–H groups in total. The number of rotatable bonds is 14. The SMILES string of the molecule is CCCCCCCCCCO[C@H]1CC[C@H](C=Cc2ccc(OC(F)F)cc2)CC1. The highest BCUT2D eigenvalue weighted by Crippen LogP contribution is 2.28. The maximum absolute atomic E-state index is 12.2. The van der Waals surface area contributed by atoms with E-state index in [2.05, 4.69) is 23.8 Å². The van der Waals surface area contributed by atoms with Crippen molar-refractivity contribution in [3.05, 3.63) is 35.9 Å². The molecule has 29 heavy (non-hydrogen) atoms. The molecule has 0 atom stereocenters. The Morgan fingerprint density at radius 2 is 1.52 bits per heavy atom. The minimum Gasteiger partial charge on any atom is -0.435 e. The Morgan fingerprint density at radius 3 is 2.14 bits per heavy atom. The third kappa shape index (κ3) is 10.8. The number of halogens is 2. The molecule has 0 saturated heterocycles. The summed E-state index contributed by atoms with van der Waals surface area (Å²) in [5.41, 5.74) is 1.01. The molecule has 0 heterocycles. The van der Waals surface area contributed by atoms with Crippen molar-refractivity contribution in [3.63, 3.8) is 0 Å². The second-order valence-electron chi connectivity index (χ2n) is 8.19. The van der Waals surface area contributed by atoms with Crippen molar-refractivity contribution in [2.75, 3.05) is 6.61 Å². The molecule has 164 valence electrons. The number of unbranched alkanes of at least 4 members (excludes halogenated alkanes) is 7. The van der Waals surface area contributed by atoms with Crippen molar-refractivity contribution in [3.8, 4) is 5.75 Å². The van der Waals surface area contributed by atoms with Gasteiger partial charge < -0.3 is 9.47 Å². The Kier molecular flexibility index (Phi) is 12.0. The molecule has 4 heteroatoms. The summed E-state index contributed by atoms with van der Waals surface area (Å²) in [7, 11) is 0. The van der Waals surface area contributed by atoms with Crippen molar-refractivity contribution in [2.45, 2.75) is 96.7 Å². The van der Waals surface area contributed by atoms with E-state index in [1.807, 2.05) is 12.1 Å². The first-order valence-electron chi connectivity index (χ1n) is 11.5. The molecule has 1 fully saturated rings. The van der Waals surface area contributed by atoms with Gasteiger partial charge in [-0.25, -0.2) is 0 Å². The van der Waals surface area contributed by atoms with Crippen molar-refractivity contribution >= 4 is 6.08 Å². The first-order chi connectivity index (χ1) is 14.2. The van der Waals surface area contributed by atoms with Crippen LogP contribution in [0.2, 0.25) is 0 Å². The van der Waals surface area contributed by atoms with Gasteiger partial charge in [0, 0.05) is 6.61 Å². The molecule has 0 bridgehead atoms. The molecule has 1 aromatic rings. The van der Waals surface area contributed by atoms with Crippen LogP contribution in [0.3, 0.4) is 0 Å². The largest absolute Gasteiger partial charge is 0.435 e. The lowest BCUT2D eigenvalue weighted by Gasteiger charge is -2.27. The summed E-state index contributed by atoms with van der Waals surface area (Å²) in [4.78, 5) is 0.